The van der Waals surface area contributed by atoms with E-state index >= 15 is 0 Å². The van der Waals surface area contributed by atoms with Gasteiger partial charge in [0.05, 0.1) is 6.33 Å². The third-order valence-corrected chi connectivity index (χ3v) is 4.90. The molecule has 1 aromatic heterocycles. The maximum Gasteiger partial charge on any atom is 0.228 e. The van der Waals surface area contributed by atoms with Crippen LogP contribution < -0.4 is 5.32 Å². The Kier molecular flexibility index (Phi) is 5.33. The molecule has 1 heterocycles. The third kappa shape index (κ3) is 4.26. The van der Waals surface area contributed by atoms with Crippen molar-refractivity contribution in [3.8, 4) is 5.69 Å². The van der Waals surface area contributed by atoms with E-state index in [0.717, 1.165) is 17.1 Å². The van der Waals surface area contributed by atoms with Crippen molar-refractivity contribution >= 4 is 23.4 Å². The molecule has 0 aliphatic heterocycles. The van der Waals surface area contributed by atoms with Crippen molar-refractivity contribution in [3.63, 3.8) is 0 Å². The Bertz CT molecular complexity index is 770. The second-order valence-electron chi connectivity index (χ2n) is 5.53. The zero-order valence-electron chi connectivity index (χ0n) is 13.4. The first-order valence-electron chi connectivity index (χ1n) is 7.79. The molecular formula is C19H19N3OS. The first-order valence-corrected chi connectivity index (χ1v) is 8.78. The lowest BCUT2D eigenvalue weighted by atomic mass is 10.2. The number of amides is 1. The van der Waals surface area contributed by atoms with Gasteiger partial charge in [-0.15, -0.1) is 11.8 Å². The van der Waals surface area contributed by atoms with Crippen LogP contribution in [0, 0.1) is 5.92 Å². The molecule has 1 unspecified atom stereocenters. The predicted molar refractivity (Wildman–Crippen MR) is 98.5 cm³/mol. The van der Waals surface area contributed by atoms with Gasteiger partial charge in [0, 0.05) is 40.3 Å². The SMILES string of the molecule is CC(CSc1ccccc1)C(=O)Nc1ccc(-n2ccnc2)cc1. The molecule has 122 valence electrons. The van der Waals surface area contributed by atoms with E-state index in [1.165, 1.54) is 4.90 Å². The van der Waals surface area contributed by atoms with Gasteiger partial charge in [-0.1, -0.05) is 25.1 Å². The molecule has 1 amide bonds. The minimum absolute atomic E-state index is 0.0359. The average molecular weight is 337 g/mol. The summed E-state index contributed by atoms with van der Waals surface area (Å²) < 4.78 is 1.92. The third-order valence-electron chi connectivity index (χ3n) is 3.63. The van der Waals surface area contributed by atoms with Gasteiger partial charge in [-0.2, -0.15) is 0 Å². The molecule has 4 nitrogen and oxygen atoms in total. The Morgan fingerprint density at radius 3 is 2.58 bits per heavy atom. The molecule has 3 rings (SSSR count). The lowest BCUT2D eigenvalue weighted by Gasteiger charge is -2.12. The van der Waals surface area contributed by atoms with E-state index in [-0.39, 0.29) is 11.8 Å². The molecule has 0 radical (unpaired) electrons. The summed E-state index contributed by atoms with van der Waals surface area (Å²) in [4.78, 5) is 17.5. The van der Waals surface area contributed by atoms with Crippen molar-refractivity contribution in [2.24, 2.45) is 5.92 Å². The average Bonchev–Trinajstić information content (AvgIpc) is 3.16. The van der Waals surface area contributed by atoms with Gasteiger partial charge in [-0.25, -0.2) is 4.98 Å². The predicted octanol–water partition coefficient (Wildman–Crippen LogP) is 4.24. The fourth-order valence-electron chi connectivity index (χ4n) is 2.21. The zero-order chi connectivity index (χ0) is 16.8. The monoisotopic (exact) mass is 337 g/mol. The molecule has 24 heavy (non-hydrogen) atoms. The number of thioether (sulfide) groups is 1. The normalized spacial score (nSPS) is 11.9. The number of anilines is 1. The fraction of sp³-hybridized carbons (Fsp3) is 0.158. The number of nitrogens with one attached hydrogen (secondary N) is 1. The number of rotatable bonds is 6. The summed E-state index contributed by atoms with van der Waals surface area (Å²) in [5, 5.41) is 2.97. The fourth-order valence-corrected chi connectivity index (χ4v) is 3.15. The molecule has 3 aromatic rings. The molecule has 0 saturated heterocycles. The second kappa shape index (κ2) is 7.84. The van der Waals surface area contributed by atoms with Gasteiger partial charge in [-0.05, 0) is 36.4 Å². The number of hydrogen-bond acceptors (Lipinski definition) is 3. The molecule has 5 heteroatoms. The summed E-state index contributed by atoms with van der Waals surface area (Å²) >= 11 is 1.70. The largest absolute Gasteiger partial charge is 0.326 e. The Hall–Kier alpha value is -2.53. The van der Waals surface area contributed by atoms with Gasteiger partial charge in [0.1, 0.15) is 0 Å². The Morgan fingerprint density at radius 2 is 1.92 bits per heavy atom. The van der Waals surface area contributed by atoms with Crippen LogP contribution in [0.25, 0.3) is 5.69 Å². The van der Waals surface area contributed by atoms with E-state index in [9.17, 15) is 4.79 Å². The Balaban J connectivity index is 1.54. The minimum atomic E-state index is -0.0662. The van der Waals surface area contributed by atoms with Crippen molar-refractivity contribution in [1.29, 1.82) is 0 Å². The highest BCUT2D eigenvalue weighted by atomic mass is 32.2. The summed E-state index contributed by atoms with van der Waals surface area (Å²) in [6, 6.07) is 17.9. The van der Waals surface area contributed by atoms with Crippen molar-refractivity contribution in [3.05, 3.63) is 73.3 Å². The topological polar surface area (TPSA) is 46.9 Å². The van der Waals surface area contributed by atoms with Gasteiger partial charge in [-0.3, -0.25) is 4.79 Å². The van der Waals surface area contributed by atoms with Crippen molar-refractivity contribution in [2.75, 3.05) is 11.1 Å². The number of benzene rings is 2. The molecule has 2 aromatic carbocycles. The van der Waals surface area contributed by atoms with Crippen LogP contribution in [-0.2, 0) is 4.79 Å². The lowest BCUT2D eigenvalue weighted by Crippen LogP contribution is -2.22. The van der Waals surface area contributed by atoms with E-state index in [2.05, 4.69) is 22.4 Å². The summed E-state index contributed by atoms with van der Waals surface area (Å²) in [5.41, 5.74) is 1.82. The first kappa shape index (κ1) is 16.3. The van der Waals surface area contributed by atoms with Crippen LogP contribution in [0.2, 0.25) is 0 Å². The molecule has 1 atom stereocenters. The number of nitrogens with zero attached hydrogens (tertiary/aromatic N) is 2. The molecule has 0 saturated carbocycles. The smallest absolute Gasteiger partial charge is 0.228 e. The Morgan fingerprint density at radius 1 is 1.17 bits per heavy atom. The minimum Gasteiger partial charge on any atom is -0.326 e. The van der Waals surface area contributed by atoms with E-state index in [0.29, 0.717) is 0 Å². The van der Waals surface area contributed by atoms with Gasteiger partial charge >= 0.3 is 0 Å². The van der Waals surface area contributed by atoms with E-state index in [1.807, 2.05) is 60.2 Å². The first-order chi connectivity index (χ1) is 11.7. The van der Waals surface area contributed by atoms with Gasteiger partial charge < -0.3 is 9.88 Å². The van der Waals surface area contributed by atoms with E-state index in [1.54, 1.807) is 24.3 Å². The molecule has 1 N–H and O–H groups in total. The molecule has 0 spiro atoms. The van der Waals surface area contributed by atoms with Crippen molar-refractivity contribution in [1.82, 2.24) is 9.55 Å². The molecule has 0 aliphatic carbocycles. The second-order valence-corrected chi connectivity index (χ2v) is 6.62. The van der Waals surface area contributed by atoms with Crippen LogP contribution in [0.4, 0.5) is 5.69 Å². The number of hydrogen-bond donors (Lipinski definition) is 1. The number of carbonyl (C=O) groups is 1. The van der Waals surface area contributed by atoms with Crippen LogP contribution in [0.5, 0.6) is 0 Å². The van der Waals surface area contributed by atoms with E-state index < -0.39 is 0 Å². The van der Waals surface area contributed by atoms with Crippen molar-refractivity contribution in [2.45, 2.75) is 11.8 Å². The van der Waals surface area contributed by atoms with E-state index in [4.69, 9.17) is 0 Å². The highest BCUT2D eigenvalue weighted by Crippen LogP contribution is 2.21. The van der Waals surface area contributed by atoms with Crippen LogP contribution in [0.1, 0.15) is 6.92 Å². The molecule has 0 aliphatic rings. The molecule has 0 bridgehead atoms. The highest BCUT2D eigenvalue weighted by molar-refractivity contribution is 7.99. The maximum atomic E-state index is 12.3. The van der Waals surface area contributed by atoms with Gasteiger partial charge in [0.15, 0.2) is 0 Å². The summed E-state index contributed by atoms with van der Waals surface area (Å²) in [6.07, 6.45) is 5.37. The molecular weight excluding hydrogens is 318 g/mol. The number of imidazole rings is 1. The summed E-state index contributed by atoms with van der Waals surface area (Å²) in [7, 11) is 0. The van der Waals surface area contributed by atoms with Crippen LogP contribution in [0.15, 0.2) is 78.2 Å². The Labute approximate surface area is 145 Å². The summed E-state index contributed by atoms with van der Waals surface area (Å²) in [6.45, 7) is 1.95. The van der Waals surface area contributed by atoms with Crippen molar-refractivity contribution < 1.29 is 4.79 Å². The standard InChI is InChI=1S/C19H19N3OS/c1-15(13-24-18-5-3-2-4-6-18)19(23)21-16-7-9-17(10-8-16)22-12-11-20-14-22/h2-12,14-15H,13H2,1H3,(H,21,23). The molecule has 0 fully saturated rings. The quantitative estimate of drug-likeness (QED) is 0.684. The zero-order valence-corrected chi connectivity index (χ0v) is 14.2. The maximum absolute atomic E-state index is 12.3. The highest BCUT2D eigenvalue weighted by Gasteiger charge is 2.13. The lowest BCUT2D eigenvalue weighted by molar-refractivity contribution is -0.118. The van der Waals surface area contributed by atoms with Crippen LogP contribution in [0.3, 0.4) is 0 Å². The van der Waals surface area contributed by atoms with Crippen LogP contribution in [-0.4, -0.2) is 21.2 Å². The number of carbonyl (C=O) groups excluding carboxylic acids is 1. The van der Waals surface area contributed by atoms with Crippen LogP contribution >= 0.6 is 11.8 Å². The van der Waals surface area contributed by atoms with Gasteiger partial charge in [0.2, 0.25) is 5.91 Å². The summed E-state index contributed by atoms with van der Waals surface area (Å²) in [5.74, 6) is 0.723. The van der Waals surface area contributed by atoms with Gasteiger partial charge in [0.25, 0.3) is 0 Å². The number of aromatic nitrogens is 2.